The van der Waals surface area contributed by atoms with Crippen molar-refractivity contribution in [3.05, 3.63) is 0 Å². The van der Waals surface area contributed by atoms with Crippen LogP contribution in [0.15, 0.2) is 0 Å². The average molecular weight is 1470 g/mol. The molecule has 12 saturated carbocycles. The predicted molar refractivity (Wildman–Crippen MR) is 402 cm³/mol. The predicted octanol–water partition coefficient (Wildman–Crippen LogP) is 17.7. The number of aliphatic hydroxyl groups is 4. The molecule has 16 heteroatoms. The maximum absolute atomic E-state index is 14.7. The summed E-state index contributed by atoms with van der Waals surface area (Å²) in [6.07, 6.45) is 18.8. The number of esters is 2. The van der Waals surface area contributed by atoms with E-state index >= 15 is 0 Å². The van der Waals surface area contributed by atoms with Crippen molar-refractivity contribution >= 4 is 17.9 Å². The molecule has 0 aromatic heterocycles. The van der Waals surface area contributed by atoms with Crippen LogP contribution in [-0.4, -0.2) is 134 Å². The van der Waals surface area contributed by atoms with Gasteiger partial charge in [-0.2, -0.15) is 0 Å². The number of hydrogen-bond acceptors (Lipinski definition) is 13. The number of carbonyl (C=O) groups is 3. The maximum Gasteiger partial charge on any atom is 0.340 e. The maximum atomic E-state index is 14.7. The number of carboxylic acids is 1. The first-order chi connectivity index (χ1) is 49.0. The molecule has 9 unspecified atom stereocenters. The molecule has 600 valence electrons. The summed E-state index contributed by atoms with van der Waals surface area (Å²) in [7, 11) is 6.13. The number of aliphatic hydroxyl groups excluding tert-OH is 4. The summed E-state index contributed by atoms with van der Waals surface area (Å²) in [4.78, 5) is 34.9. The number of hydrogen-bond donors (Lipinski definition) is 5. The molecular weight excluding hydrogens is 1320 g/mol. The second-order valence-corrected chi connectivity index (χ2v) is 39.8. The Balaban J connectivity index is 0.000000168. The van der Waals surface area contributed by atoms with Crippen molar-refractivity contribution in [2.45, 2.75) is 314 Å². The van der Waals surface area contributed by atoms with E-state index in [1.807, 2.05) is 6.92 Å². The third-order valence-electron chi connectivity index (χ3n) is 35.9. The lowest BCUT2D eigenvalue weighted by Crippen LogP contribution is -2.65. The number of aliphatic carboxylic acids is 1. The van der Waals surface area contributed by atoms with Gasteiger partial charge in [-0.3, -0.25) is 0 Å². The van der Waals surface area contributed by atoms with Gasteiger partial charge in [0.2, 0.25) is 0 Å². The van der Waals surface area contributed by atoms with Crippen molar-refractivity contribution in [2.75, 3.05) is 42.0 Å². The van der Waals surface area contributed by atoms with Crippen molar-refractivity contribution in [3.63, 3.8) is 0 Å². The fourth-order valence-electron chi connectivity index (χ4n) is 30.6. The Hall–Kier alpha value is -2.05. The minimum absolute atomic E-state index is 0.00313. The van der Waals surface area contributed by atoms with Crippen molar-refractivity contribution in [1.82, 2.24) is 0 Å². The number of rotatable bonds is 21. The van der Waals surface area contributed by atoms with Gasteiger partial charge in [-0.1, -0.05) is 143 Å². The molecular formula is C88H150F2O14. The Labute approximate surface area is 628 Å². The number of ether oxygens (including phenoxy) is 6. The smallest absolute Gasteiger partial charge is 0.340 e. The number of carbonyl (C=O) groups excluding carboxylic acids is 2. The minimum Gasteiger partial charge on any atom is -0.479 e. The van der Waals surface area contributed by atoms with E-state index < -0.39 is 54.0 Å². The van der Waals surface area contributed by atoms with Crippen molar-refractivity contribution in [2.24, 2.45) is 180 Å². The van der Waals surface area contributed by atoms with Gasteiger partial charge in [0.15, 0.2) is 18.4 Å². The van der Waals surface area contributed by atoms with E-state index in [-0.39, 0.29) is 101 Å². The Morgan fingerprint density at radius 3 is 1.25 bits per heavy atom. The zero-order valence-electron chi connectivity index (χ0n) is 68.6. The number of halogens is 2. The molecule has 0 saturated heterocycles. The lowest BCUT2D eigenvalue weighted by atomic mass is 9.39. The summed E-state index contributed by atoms with van der Waals surface area (Å²) in [6.45, 7) is 38.6. The SMILES string of the molecule is CC[C@H]1[C@@H](O)C2C3CC[C@H]([C@H](C)C[C@H](F)C(=O)O)[C@@]3(C)[C@@H](O)CC2[C@@]2(C)CC[C@@H](O)C[C@@H]12.CC[C@H]1[C@@H](OCOC)C2C3CC[C@H]([C@H](C)C[C@@H](O)C(=O)OC)[C@@]3(C)[C@@H](C)CC2[C@@]2(C)CC[C@@H](C)C[C@@H]12.CC[C@H]1[C@@H](OCOC)C2C3CC[C@H]([C@H](C)C[C@H](F)C(=O)OC)[C@@]3(C)[C@@H](C)CC2[C@@]2(C)CC[C@@H](C)C[C@@H]12. The monoisotopic (exact) mass is 1470 g/mol. The zero-order chi connectivity index (χ0) is 76.4. The number of alkyl halides is 2. The second kappa shape index (κ2) is 33.3. The number of carboxylic acid groups (broad SMARTS) is 1. The highest BCUT2D eigenvalue weighted by Gasteiger charge is 2.71. The zero-order valence-corrected chi connectivity index (χ0v) is 68.6. The Kier molecular flexibility index (Phi) is 27.0. The van der Waals surface area contributed by atoms with Gasteiger partial charge in [-0.05, 0) is 302 Å². The molecule has 0 radical (unpaired) electrons. The molecule has 0 aromatic carbocycles. The lowest BCUT2D eigenvalue weighted by Gasteiger charge is -2.67. The Morgan fingerprint density at radius 2 is 0.837 bits per heavy atom. The summed E-state index contributed by atoms with van der Waals surface area (Å²) < 4.78 is 62.6. The molecule has 104 heavy (non-hydrogen) atoms. The van der Waals surface area contributed by atoms with Gasteiger partial charge in [0, 0.05) is 14.2 Å². The second-order valence-electron chi connectivity index (χ2n) is 39.8. The minimum atomic E-state index is -1.88. The largest absolute Gasteiger partial charge is 0.479 e. The molecule has 0 amide bonds. The third-order valence-corrected chi connectivity index (χ3v) is 35.9. The van der Waals surface area contributed by atoms with Crippen LogP contribution in [0.25, 0.3) is 0 Å². The van der Waals surface area contributed by atoms with Crippen LogP contribution in [0.3, 0.4) is 0 Å². The fraction of sp³-hybridized carbons (Fsp3) is 0.966. The normalized spacial score (nSPS) is 49.3. The van der Waals surface area contributed by atoms with Gasteiger partial charge in [-0.25, -0.2) is 23.2 Å². The van der Waals surface area contributed by atoms with E-state index in [0.29, 0.717) is 108 Å². The molecule has 0 bridgehead atoms. The first-order valence-corrected chi connectivity index (χ1v) is 42.6. The van der Waals surface area contributed by atoms with E-state index in [1.54, 1.807) is 14.2 Å². The van der Waals surface area contributed by atoms with Crippen molar-refractivity contribution < 1.29 is 77.1 Å². The molecule has 0 aliphatic heterocycles. The van der Waals surface area contributed by atoms with Gasteiger partial charge < -0.3 is 54.0 Å². The van der Waals surface area contributed by atoms with Crippen LogP contribution in [0.4, 0.5) is 8.78 Å². The van der Waals surface area contributed by atoms with E-state index in [4.69, 9.17) is 33.5 Å². The lowest BCUT2D eigenvalue weighted by molar-refractivity contribution is -0.240. The molecule has 0 heterocycles. The molecule has 14 nitrogen and oxygen atoms in total. The molecule has 0 aromatic rings. The third kappa shape index (κ3) is 14.6. The quantitative estimate of drug-likeness (QED) is 0.0535. The summed E-state index contributed by atoms with van der Waals surface area (Å²) >= 11 is 0. The highest BCUT2D eigenvalue weighted by Crippen LogP contribution is 2.75. The molecule has 12 rings (SSSR count). The molecule has 0 spiro atoms. The first kappa shape index (κ1) is 84.4. The molecule has 12 fully saturated rings. The molecule has 39 atom stereocenters. The van der Waals surface area contributed by atoms with Gasteiger partial charge >= 0.3 is 17.9 Å². The summed E-state index contributed by atoms with van der Waals surface area (Å²) in [6, 6.07) is 0. The Morgan fingerprint density at radius 1 is 0.452 bits per heavy atom. The molecule has 12 aliphatic carbocycles. The van der Waals surface area contributed by atoms with Gasteiger partial charge in [-0.15, -0.1) is 0 Å². The van der Waals surface area contributed by atoms with Crippen LogP contribution < -0.4 is 0 Å². The van der Waals surface area contributed by atoms with E-state index in [1.165, 1.54) is 91.3 Å². The van der Waals surface area contributed by atoms with Gasteiger partial charge in [0.25, 0.3) is 0 Å². The van der Waals surface area contributed by atoms with Crippen molar-refractivity contribution in [3.8, 4) is 0 Å². The molecule has 5 N–H and O–H groups in total. The highest BCUT2D eigenvalue weighted by molar-refractivity contribution is 5.74. The number of methoxy groups -OCH3 is 4. The molecule has 12 aliphatic rings. The highest BCUT2D eigenvalue weighted by atomic mass is 19.1. The number of fused-ring (bicyclic) bond motifs is 15. The van der Waals surface area contributed by atoms with Crippen molar-refractivity contribution in [1.29, 1.82) is 0 Å². The topological polar surface area (TPSA) is 208 Å². The van der Waals surface area contributed by atoms with Crippen LogP contribution >= 0.6 is 0 Å². The summed E-state index contributed by atoms with van der Waals surface area (Å²) in [5.41, 5.74) is 0.659. The van der Waals surface area contributed by atoms with Crippen LogP contribution in [0, 0.1) is 180 Å². The van der Waals surface area contributed by atoms with E-state index in [0.717, 1.165) is 75.0 Å². The Bertz CT molecular complexity index is 2720. The van der Waals surface area contributed by atoms with E-state index in [9.17, 15) is 43.6 Å². The first-order valence-electron chi connectivity index (χ1n) is 42.6. The van der Waals surface area contributed by atoms with Crippen LogP contribution in [-0.2, 0) is 42.8 Å². The van der Waals surface area contributed by atoms with Gasteiger partial charge in [0.1, 0.15) is 13.6 Å². The van der Waals surface area contributed by atoms with Crippen LogP contribution in [0.5, 0.6) is 0 Å². The summed E-state index contributed by atoms with van der Waals surface area (Å²) in [5, 5.41) is 53.2. The fourth-order valence-corrected chi connectivity index (χ4v) is 30.6. The van der Waals surface area contributed by atoms with E-state index in [2.05, 4.69) is 104 Å². The van der Waals surface area contributed by atoms with Crippen LogP contribution in [0.1, 0.15) is 265 Å². The summed E-state index contributed by atoms with van der Waals surface area (Å²) in [5.74, 6) is 8.53. The van der Waals surface area contributed by atoms with Crippen LogP contribution in [0.2, 0.25) is 0 Å². The standard InChI is InChI=1S/C31H53FO4.C31H54O5.C26H43FO5/c2*1-9-21-24-14-18(2)12-13-30(24,5)25-16-20(4)31(6)22(19(3)15-26(32)29(33)35-8)10-11-23(31)27(25)28(21)36-17-34-7;1-5-15-18-11-14(28)8-9-25(18,3)19-12-21(29)26(4)16(13(2)10-20(27)24(31)32)6-7-17(26)22(19)23(15)30/h18-28H,9-17H2,1-8H3;18-28,32H,9-17H2,1-8H3;13-23,28-30H,5-12H2,1-4H3,(H,31,32)/t18-,19-,20+,21-,22-,23?,24+,25?,26+,27?,28-,30+,31-;18-,19-,20+,21-,22-,23?,24+,25?,26-,27?,28-,30+,31-;13-,14-,15-,16-,17?,18+,19?,20+,21+,22?,23-,25+,26-/m111/s1. The van der Waals surface area contributed by atoms with Gasteiger partial charge in [0.05, 0.1) is 44.7 Å². The average Bonchev–Trinajstić information content (AvgIpc) is 1.36.